The molecular weight excluding hydrogens is 240 g/mol. The van der Waals surface area contributed by atoms with Crippen molar-refractivity contribution in [3.8, 4) is 0 Å². The predicted octanol–water partition coefficient (Wildman–Crippen LogP) is 1.27. The van der Waals surface area contributed by atoms with Gasteiger partial charge in [0.1, 0.15) is 0 Å². The number of nitrogens with zero attached hydrogens (tertiary/aromatic N) is 3. The van der Waals surface area contributed by atoms with Crippen molar-refractivity contribution in [2.24, 2.45) is 5.92 Å². The van der Waals surface area contributed by atoms with Crippen LogP contribution in [0.5, 0.6) is 0 Å². The van der Waals surface area contributed by atoms with Crippen LogP contribution in [0, 0.1) is 12.8 Å². The van der Waals surface area contributed by atoms with Crippen LogP contribution in [-0.4, -0.2) is 58.6 Å². The number of nitrogens with one attached hydrogen (secondary N) is 1. The molecule has 0 bridgehead atoms. The van der Waals surface area contributed by atoms with Crippen LogP contribution >= 0.6 is 0 Å². The largest absolute Gasteiger partial charge is 0.338 e. The molecule has 2 aliphatic rings. The minimum atomic E-state index is 0.137. The van der Waals surface area contributed by atoms with Crippen LogP contribution in [0.25, 0.3) is 0 Å². The molecular formula is C14H22N4O. The van der Waals surface area contributed by atoms with Crippen LogP contribution < -0.4 is 0 Å². The van der Waals surface area contributed by atoms with Crippen LogP contribution in [0.1, 0.15) is 35.3 Å². The third-order valence-corrected chi connectivity index (χ3v) is 4.69. The maximum absolute atomic E-state index is 12.5. The average molecular weight is 262 g/mol. The van der Waals surface area contributed by atoms with Crippen molar-refractivity contribution in [2.45, 2.75) is 32.2 Å². The standard InChI is InChI=1S/C14H22N4O/c1-10-12(8-15-16-10)14(19)18-7-5-13-11(9-18)4-3-6-17(13)2/h8,11,13H,3-7,9H2,1-2H3,(H,15,16). The molecule has 2 saturated heterocycles. The zero-order chi connectivity index (χ0) is 13.4. The predicted molar refractivity (Wildman–Crippen MR) is 73.0 cm³/mol. The van der Waals surface area contributed by atoms with E-state index in [9.17, 15) is 4.79 Å². The van der Waals surface area contributed by atoms with E-state index in [1.165, 1.54) is 19.4 Å². The molecule has 2 fully saturated rings. The maximum atomic E-state index is 12.5. The molecule has 1 aromatic heterocycles. The van der Waals surface area contributed by atoms with Gasteiger partial charge in [0, 0.05) is 24.8 Å². The second kappa shape index (κ2) is 4.96. The third kappa shape index (κ3) is 2.27. The maximum Gasteiger partial charge on any atom is 0.257 e. The summed E-state index contributed by atoms with van der Waals surface area (Å²) >= 11 is 0. The molecule has 104 valence electrons. The molecule has 0 aromatic carbocycles. The van der Waals surface area contributed by atoms with Crippen molar-refractivity contribution in [3.05, 3.63) is 17.5 Å². The summed E-state index contributed by atoms with van der Waals surface area (Å²) in [6.07, 6.45) is 5.26. The normalized spacial score (nSPS) is 28.2. The highest BCUT2D eigenvalue weighted by molar-refractivity contribution is 5.95. The molecule has 0 radical (unpaired) electrons. The fourth-order valence-electron chi connectivity index (χ4n) is 3.57. The number of H-pyrrole nitrogens is 1. The number of rotatable bonds is 1. The summed E-state index contributed by atoms with van der Waals surface area (Å²) in [7, 11) is 2.22. The van der Waals surface area contributed by atoms with Crippen LogP contribution in [0.2, 0.25) is 0 Å². The summed E-state index contributed by atoms with van der Waals surface area (Å²) in [5.74, 6) is 0.779. The number of aromatic amines is 1. The van der Waals surface area contributed by atoms with Crippen molar-refractivity contribution >= 4 is 5.91 Å². The van der Waals surface area contributed by atoms with Gasteiger partial charge in [0.25, 0.3) is 5.91 Å². The van der Waals surface area contributed by atoms with Gasteiger partial charge < -0.3 is 9.80 Å². The van der Waals surface area contributed by atoms with E-state index in [4.69, 9.17) is 0 Å². The van der Waals surface area contributed by atoms with Crippen molar-refractivity contribution in [1.82, 2.24) is 20.0 Å². The molecule has 0 aliphatic carbocycles. The van der Waals surface area contributed by atoms with E-state index in [0.29, 0.717) is 12.0 Å². The number of likely N-dealkylation sites (tertiary alicyclic amines) is 2. The lowest BCUT2D eigenvalue weighted by Crippen LogP contribution is -2.53. The molecule has 5 heteroatoms. The van der Waals surface area contributed by atoms with Gasteiger partial charge in [-0.1, -0.05) is 0 Å². The molecule has 0 spiro atoms. The Morgan fingerprint density at radius 1 is 1.42 bits per heavy atom. The fraction of sp³-hybridized carbons (Fsp3) is 0.714. The number of aromatic nitrogens is 2. The molecule has 5 nitrogen and oxygen atoms in total. The number of piperidine rings is 2. The van der Waals surface area contributed by atoms with E-state index in [0.717, 1.165) is 30.8 Å². The molecule has 1 amide bonds. The quantitative estimate of drug-likeness (QED) is 0.829. The number of carbonyl (C=O) groups is 1. The van der Waals surface area contributed by atoms with E-state index in [2.05, 4.69) is 22.1 Å². The number of aryl methyl sites for hydroxylation is 1. The summed E-state index contributed by atoms with van der Waals surface area (Å²) in [5.41, 5.74) is 1.59. The Morgan fingerprint density at radius 2 is 2.26 bits per heavy atom. The number of hydrogen-bond donors (Lipinski definition) is 1. The Bertz CT molecular complexity index is 470. The summed E-state index contributed by atoms with van der Waals surface area (Å²) in [6, 6.07) is 0.670. The highest BCUT2D eigenvalue weighted by Crippen LogP contribution is 2.30. The monoisotopic (exact) mass is 262 g/mol. The summed E-state index contributed by atoms with van der Waals surface area (Å²) in [5, 5.41) is 6.80. The van der Waals surface area contributed by atoms with E-state index >= 15 is 0 Å². The van der Waals surface area contributed by atoms with Crippen LogP contribution in [-0.2, 0) is 0 Å². The second-order valence-electron chi connectivity index (χ2n) is 5.90. The average Bonchev–Trinajstić information content (AvgIpc) is 2.84. The van der Waals surface area contributed by atoms with E-state index in [-0.39, 0.29) is 5.91 Å². The zero-order valence-electron chi connectivity index (χ0n) is 11.7. The zero-order valence-corrected chi connectivity index (χ0v) is 11.7. The van der Waals surface area contributed by atoms with Crippen molar-refractivity contribution in [3.63, 3.8) is 0 Å². The van der Waals surface area contributed by atoms with Gasteiger partial charge in [-0.05, 0) is 45.7 Å². The van der Waals surface area contributed by atoms with Crippen LogP contribution in [0.4, 0.5) is 0 Å². The van der Waals surface area contributed by atoms with Crippen LogP contribution in [0.3, 0.4) is 0 Å². The van der Waals surface area contributed by atoms with Gasteiger partial charge >= 0.3 is 0 Å². The second-order valence-corrected chi connectivity index (χ2v) is 5.90. The first-order valence-corrected chi connectivity index (χ1v) is 7.16. The summed E-state index contributed by atoms with van der Waals surface area (Å²) in [4.78, 5) is 17.0. The summed E-state index contributed by atoms with van der Waals surface area (Å²) < 4.78 is 0. The molecule has 2 aliphatic heterocycles. The Hall–Kier alpha value is -1.36. The minimum absolute atomic E-state index is 0.137. The lowest BCUT2D eigenvalue weighted by Gasteiger charge is -2.45. The molecule has 2 unspecified atom stereocenters. The van der Waals surface area contributed by atoms with Gasteiger partial charge in [0.05, 0.1) is 11.8 Å². The molecule has 19 heavy (non-hydrogen) atoms. The van der Waals surface area contributed by atoms with Gasteiger partial charge in [-0.2, -0.15) is 5.10 Å². The van der Waals surface area contributed by atoms with E-state index < -0.39 is 0 Å². The molecule has 2 atom stereocenters. The number of carbonyl (C=O) groups excluding carboxylic acids is 1. The first-order chi connectivity index (χ1) is 9.16. The van der Waals surface area contributed by atoms with Gasteiger partial charge in [-0.3, -0.25) is 9.89 Å². The first kappa shape index (κ1) is 12.7. The Balaban J connectivity index is 1.71. The van der Waals surface area contributed by atoms with Crippen LogP contribution in [0.15, 0.2) is 6.20 Å². The van der Waals surface area contributed by atoms with E-state index in [1.54, 1.807) is 6.20 Å². The van der Waals surface area contributed by atoms with Gasteiger partial charge in [0.15, 0.2) is 0 Å². The Morgan fingerprint density at radius 3 is 3.00 bits per heavy atom. The van der Waals surface area contributed by atoms with Gasteiger partial charge in [-0.15, -0.1) is 0 Å². The number of hydrogen-bond acceptors (Lipinski definition) is 3. The van der Waals surface area contributed by atoms with Crippen molar-refractivity contribution in [2.75, 3.05) is 26.7 Å². The molecule has 0 saturated carbocycles. The highest BCUT2D eigenvalue weighted by atomic mass is 16.2. The lowest BCUT2D eigenvalue weighted by atomic mass is 9.84. The lowest BCUT2D eigenvalue weighted by molar-refractivity contribution is 0.0316. The van der Waals surface area contributed by atoms with Crippen molar-refractivity contribution in [1.29, 1.82) is 0 Å². The fourth-order valence-corrected chi connectivity index (χ4v) is 3.57. The highest BCUT2D eigenvalue weighted by Gasteiger charge is 2.36. The topological polar surface area (TPSA) is 52.2 Å². The van der Waals surface area contributed by atoms with Crippen molar-refractivity contribution < 1.29 is 4.79 Å². The number of amides is 1. The SMILES string of the molecule is Cc1[nH]ncc1C(=O)N1CCC2C(CCCN2C)C1. The first-order valence-electron chi connectivity index (χ1n) is 7.16. The smallest absolute Gasteiger partial charge is 0.257 e. The Kier molecular flexibility index (Phi) is 3.31. The minimum Gasteiger partial charge on any atom is -0.338 e. The molecule has 3 heterocycles. The summed E-state index contributed by atoms with van der Waals surface area (Å²) in [6.45, 7) is 4.88. The van der Waals surface area contributed by atoms with Gasteiger partial charge in [0.2, 0.25) is 0 Å². The molecule has 1 N–H and O–H groups in total. The number of fused-ring (bicyclic) bond motifs is 1. The Labute approximate surface area is 114 Å². The molecule has 3 rings (SSSR count). The molecule has 1 aromatic rings. The van der Waals surface area contributed by atoms with E-state index in [1.807, 2.05) is 11.8 Å². The van der Waals surface area contributed by atoms with Gasteiger partial charge in [-0.25, -0.2) is 0 Å². The third-order valence-electron chi connectivity index (χ3n) is 4.69.